The molecular weight excluding hydrogens is 624 g/mol. The Kier molecular flexibility index (Phi) is 10.5. The molecule has 6 atom stereocenters. The van der Waals surface area contributed by atoms with Gasteiger partial charge in [0, 0.05) is 37.1 Å². The van der Waals surface area contributed by atoms with Crippen molar-refractivity contribution in [2.24, 2.45) is 22.4 Å². The Hall–Kier alpha value is -4.46. The van der Waals surface area contributed by atoms with Gasteiger partial charge in [-0.1, -0.05) is 49.3 Å². The molecule has 2 bridgehead atoms. The molecule has 0 aliphatic carbocycles. The van der Waals surface area contributed by atoms with Gasteiger partial charge < -0.3 is 41.4 Å². The van der Waals surface area contributed by atoms with Crippen LogP contribution in [-0.2, 0) is 17.6 Å². The first-order valence-electron chi connectivity index (χ1n) is 16.8. The maximum absolute atomic E-state index is 12.7. The summed E-state index contributed by atoms with van der Waals surface area (Å²) in [5.41, 5.74) is 17.7. The highest BCUT2D eigenvalue weighted by molar-refractivity contribution is 5.87. The van der Waals surface area contributed by atoms with Gasteiger partial charge >= 0.3 is 0 Å². The van der Waals surface area contributed by atoms with Crippen LogP contribution in [0.15, 0.2) is 58.4 Å². The number of aliphatic hydroxyl groups is 3. The second kappa shape index (κ2) is 15.0. The van der Waals surface area contributed by atoms with E-state index in [0.29, 0.717) is 36.3 Å². The summed E-state index contributed by atoms with van der Waals surface area (Å²) < 4.78 is 12.4. The molecule has 6 rings (SSSR count). The minimum Gasteiger partial charge on any atom is -0.508 e. The molecule has 49 heavy (non-hydrogen) atoms. The molecule has 0 radical (unpaired) electrons. The molecule has 11 heteroatoms. The minimum atomic E-state index is -1.09. The van der Waals surface area contributed by atoms with Gasteiger partial charge in [-0.2, -0.15) is 0 Å². The first-order chi connectivity index (χ1) is 23.6. The monoisotopic (exact) mass is 667 g/mol. The summed E-state index contributed by atoms with van der Waals surface area (Å²) in [6.07, 6.45) is 5.21. The number of carbonyl (C=O) groups is 1. The minimum absolute atomic E-state index is 0.0695. The van der Waals surface area contributed by atoms with Crippen molar-refractivity contribution >= 4 is 12.0 Å². The number of aliphatic hydroxyl groups excluding tert-OH is 3. The predicted octanol–water partition coefficient (Wildman–Crippen LogP) is 1.59. The van der Waals surface area contributed by atoms with E-state index in [2.05, 4.69) is 23.9 Å². The fourth-order valence-corrected chi connectivity index (χ4v) is 6.76. The van der Waals surface area contributed by atoms with E-state index < -0.39 is 36.6 Å². The zero-order valence-electron chi connectivity index (χ0n) is 27.5. The molecule has 256 valence electrons. The molecular formula is C38H43N4O7+. The Balaban J connectivity index is 1.29. The Morgan fingerprint density at radius 2 is 1.98 bits per heavy atom. The maximum Gasteiger partial charge on any atom is 0.251 e. The summed E-state index contributed by atoms with van der Waals surface area (Å²) in [6.45, 7) is 2.53. The van der Waals surface area contributed by atoms with Gasteiger partial charge in [-0.05, 0) is 59.6 Å². The van der Waals surface area contributed by atoms with Crippen molar-refractivity contribution in [2.45, 2.75) is 89.0 Å². The Morgan fingerprint density at radius 1 is 1.14 bits per heavy atom. The molecule has 0 amide bonds. The highest BCUT2D eigenvalue weighted by Gasteiger charge is 2.40. The maximum atomic E-state index is 12.7. The second-order valence-electron chi connectivity index (χ2n) is 13.1. The van der Waals surface area contributed by atoms with E-state index in [1.54, 1.807) is 12.1 Å². The van der Waals surface area contributed by atoms with Crippen molar-refractivity contribution in [3.63, 3.8) is 0 Å². The van der Waals surface area contributed by atoms with E-state index in [-0.39, 0.29) is 49.4 Å². The van der Waals surface area contributed by atoms with Crippen LogP contribution >= 0.6 is 0 Å². The number of aromatic hydroxyl groups is 1. The van der Waals surface area contributed by atoms with Gasteiger partial charge in [-0.3, -0.25) is 14.7 Å². The highest BCUT2D eigenvalue weighted by atomic mass is 16.5. The zero-order chi connectivity index (χ0) is 34.7. The van der Waals surface area contributed by atoms with Crippen LogP contribution in [0.3, 0.4) is 0 Å². The van der Waals surface area contributed by atoms with Crippen LogP contribution in [0.25, 0.3) is 0 Å². The van der Waals surface area contributed by atoms with Crippen molar-refractivity contribution in [3.8, 4) is 41.1 Å². The third-order valence-corrected chi connectivity index (χ3v) is 9.38. The molecule has 0 saturated carbocycles. The number of nitrogens with two attached hydrogens (primary N) is 2. The summed E-state index contributed by atoms with van der Waals surface area (Å²) in [7, 11) is 0. The second-order valence-corrected chi connectivity index (χ2v) is 13.1. The quantitative estimate of drug-likeness (QED) is 0.146. The lowest BCUT2D eigenvalue weighted by molar-refractivity contribution is -0.889. The smallest absolute Gasteiger partial charge is 0.251 e. The van der Waals surface area contributed by atoms with E-state index >= 15 is 0 Å². The standard InChI is InChI=1S/C38H42N4O7/c1-2-4-27(43)16-29(45)17-28(44)9-6-23-15-36-35(18-34(23)47)48-12-3-5-22-8-11-33(46)30-10-7-24(37(39)40)13-25(30)14-26-19-41-32-21-42(20-31(26)32)38(22)49-36/h7,10,13,15,18-19,21-22,27,29,33,37-38,43,45-47H,2,4-6,9,14,16-17,20,39-40H2,1H3/p+1/t22-,27+,29-,33-,38+/m1/s1. The van der Waals surface area contributed by atoms with Gasteiger partial charge in [0.05, 0.1) is 18.4 Å². The molecule has 4 aliphatic heterocycles. The Morgan fingerprint density at radius 3 is 2.78 bits per heavy atom. The SMILES string of the molecule is CCC[C@H](O)C[C@@H](O)CC(=O)CCc1cc2c(cc1O)OC#CC[C@@H]1C#C[C@@H](O)c3ccc(C(N)N)cc3CC3=C4C[NH+](C=C4N=C3)[C@H]1O2. The predicted molar refractivity (Wildman–Crippen MR) is 182 cm³/mol. The third-order valence-electron chi connectivity index (χ3n) is 9.38. The average molecular weight is 668 g/mol. The molecule has 1 unspecified atom stereocenters. The van der Waals surface area contributed by atoms with Crippen molar-refractivity contribution < 1.29 is 39.6 Å². The van der Waals surface area contributed by atoms with Crippen molar-refractivity contribution in [3.05, 3.63) is 75.6 Å². The van der Waals surface area contributed by atoms with Crippen LogP contribution in [-0.4, -0.2) is 57.4 Å². The highest BCUT2D eigenvalue weighted by Crippen LogP contribution is 2.37. The number of nitrogens with zero attached hydrogens (tertiary/aromatic N) is 1. The number of ketones is 1. The van der Waals surface area contributed by atoms with Gasteiger partial charge in [0.15, 0.2) is 11.5 Å². The normalized spacial score (nSPS) is 23.2. The first kappa shape index (κ1) is 34.4. The van der Waals surface area contributed by atoms with Gasteiger partial charge in [0.1, 0.15) is 48.1 Å². The number of allylic oxidation sites excluding steroid dienone is 1. The van der Waals surface area contributed by atoms with Crippen LogP contribution < -0.4 is 25.8 Å². The van der Waals surface area contributed by atoms with Gasteiger partial charge in [-0.25, -0.2) is 0 Å². The number of phenols is 1. The lowest BCUT2D eigenvalue weighted by Gasteiger charge is -2.28. The van der Waals surface area contributed by atoms with Crippen molar-refractivity contribution in [2.75, 3.05) is 6.54 Å². The zero-order valence-corrected chi connectivity index (χ0v) is 27.5. The molecule has 4 aliphatic rings. The summed E-state index contributed by atoms with van der Waals surface area (Å²) in [6, 6.07) is 8.63. The number of fused-ring (bicyclic) bond motifs is 5. The van der Waals surface area contributed by atoms with Crippen LogP contribution in [0.5, 0.6) is 17.2 Å². The van der Waals surface area contributed by atoms with Crippen LogP contribution in [0.4, 0.5) is 0 Å². The summed E-state index contributed by atoms with van der Waals surface area (Å²) in [4.78, 5) is 18.4. The molecule has 0 spiro atoms. The number of aliphatic imine (C=N–C) groups is 1. The van der Waals surface area contributed by atoms with E-state index in [1.165, 1.54) is 6.07 Å². The molecule has 2 aromatic rings. The van der Waals surface area contributed by atoms with Crippen LogP contribution in [0, 0.1) is 29.8 Å². The number of nitrogens with one attached hydrogen (secondary N) is 1. The number of carbonyl (C=O) groups excluding carboxylic acids is 1. The van der Waals surface area contributed by atoms with E-state index in [0.717, 1.165) is 39.3 Å². The number of ether oxygens (including phenoxy) is 2. The molecule has 0 fully saturated rings. The van der Waals surface area contributed by atoms with Crippen LogP contribution in [0.2, 0.25) is 0 Å². The van der Waals surface area contributed by atoms with E-state index in [1.807, 2.05) is 31.5 Å². The molecule has 9 N–H and O–H groups in total. The summed E-state index contributed by atoms with van der Waals surface area (Å²) >= 11 is 0. The average Bonchev–Trinajstić information content (AvgIpc) is 3.66. The number of phenolic OH excluding ortho intramolecular Hbond substituents is 1. The number of quaternary nitrogens is 1. The topological polar surface area (TPSA) is 185 Å². The number of hydrogen-bond donors (Lipinski definition) is 7. The molecule has 2 aromatic carbocycles. The lowest BCUT2D eigenvalue weighted by Crippen LogP contribution is -3.12. The third kappa shape index (κ3) is 7.90. The van der Waals surface area contributed by atoms with Crippen molar-refractivity contribution in [1.82, 2.24) is 0 Å². The Labute approximate surface area is 285 Å². The number of aryl methyl sites for hydroxylation is 1. The number of hydrogen-bond acceptors (Lipinski definition) is 10. The fourth-order valence-electron chi connectivity index (χ4n) is 6.76. The lowest BCUT2D eigenvalue weighted by atomic mass is 9.92. The first-order valence-corrected chi connectivity index (χ1v) is 16.8. The Bertz CT molecular complexity index is 1830. The van der Waals surface area contributed by atoms with Gasteiger partial charge in [-0.15, -0.1) is 0 Å². The number of Topliss-reactive ketones (excluding diaryl/α,β-unsaturated/α-hetero) is 1. The van der Waals surface area contributed by atoms with Crippen molar-refractivity contribution in [1.29, 1.82) is 0 Å². The molecule has 0 aromatic heterocycles. The molecule has 4 heterocycles. The largest absolute Gasteiger partial charge is 0.508 e. The van der Waals surface area contributed by atoms with Gasteiger partial charge in [0.2, 0.25) is 0 Å². The summed E-state index contributed by atoms with van der Waals surface area (Å²) in [5.74, 6) is 9.19. The summed E-state index contributed by atoms with van der Waals surface area (Å²) in [5, 5.41) is 42.5. The molecule has 0 saturated heterocycles. The van der Waals surface area contributed by atoms with E-state index in [4.69, 9.17) is 25.9 Å². The number of rotatable bonds is 10. The number of benzene rings is 2. The van der Waals surface area contributed by atoms with E-state index in [9.17, 15) is 25.2 Å². The fraction of sp³-hybridized carbons (Fsp3) is 0.421. The van der Waals surface area contributed by atoms with Crippen LogP contribution in [0.1, 0.15) is 80.0 Å². The van der Waals surface area contributed by atoms with Gasteiger partial charge in [0.25, 0.3) is 6.23 Å². The molecule has 11 nitrogen and oxygen atoms in total.